The number of aromatic carboxylic acids is 1. The number of carbonyl (C=O) groups excluding carboxylic acids is 1. The van der Waals surface area contributed by atoms with Gasteiger partial charge in [0.15, 0.2) is 5.69 Å². The molecule has 210 valence electrons. The normalized spacial score (nSPS) is 11.4. The van der Waals surface area contributed by atoms with Crippen LogP contribution >= 0.6 is 11.3 Å². The molecule has 3 aromatic heterocycles. The number of anilines is 1. The minimum Gasteiger partial charge on any atom is -0.476 e. The van der Waals surface area contributed by atoms with Crippen LogP contribution in [-0.4, -0.2) is 35.2 Å². The summed E-state index contributed by atoms with van der Waals surface area (Å²) in [6.45, 7) is 3.29. The lowest BCUT2D eigenvalue weighted by Gasteiger charge is -2.16. The van der Waals surface area contributed by atoms with Crippen molar-refractivity contribution in [1.82, 2.24) is 14.5 Å². The molecule has 0 unspecified atom stereocenters. The Hall–Kier alpha value is -4.72. The predicted octanol–water partition coefficient (Wildman–Crippen LogP) is 5.36. The second-order valence-corrected chi connectivity index (χ2v) is 11.6. The number of furan rings is 1. The van der Waals surface area contributed by atoms with Gasteiger partial charge < -0.3 is 19.6 Å². The van der Waals surface area contributed by atoms with Crippen LogP contribution in [-0.2, 0) is 16.6 Å². The number of carboxylic acid groups (broad SMARTS) is 1. The van der Waals surface area contributed by atoms with Crippen LogP contribution in [0.3, 0.4) is 0 Å². The van der Waals surface area contributed by atoms with E-state index in [1.165, 1.54) is 47.4 Å². The average molecular weight is 593 g/mol. The fourth-order valence-electron chi connectivity index (χ4n) is 3.91. The maximum absolute atomic E-state index is 13.5. The van der Waals surface area contributed by atoms with Gasteiger partial charge in [0.1, 0.15) is 16.4 Å². The topological polar surface area (TPSA) is 153 Å². The number of benzene rings is 2. The molecule has 3 heterocycles. The molecule has 0 atom stereocenters. The Morgan fingerprint density at radius 3 is 2.51 bits per heavy atom. The standard InChI is InChI=1S/C28H24N4O7S2/c1-17-7-10-20(11-8-17)32-27(18(2)25(31-32)28(34)35)39-22-12-9-19(30-26(33)23-6-4-14-40-23)15-24(22)41(36,37)29-16-21-5-3-13-38-21/h3-15,29H,16H2,1-2H3,(H,30,33)(H,34,35). The van der Waals surface area contributed by atoms with Gasteiger partial charge in [-0.15, -0.1) is 11.3 Å². The number of nitrogens with one attached hydrogen (secondary N) is 2. The van der Waals surface area contributed by atoms with Crippen molar-refractivity contribution < 1.29 is 32.3 Å². The largest absolute Gasteiger partial charge is 0.476 e. The highest BCUT2D eigenvalue weighted by Crippen LogP contribution is 2.35. The van der Waals surface area contributed by atoms with E-state index in [4.69, 9.17) is 9.15 Å². The summed E-state index contributed by atoms with van der Waals surface area (Å²) in [6.07, 6.45) is 1.42. The van der Waals surface area contributed by atoms with Crippen molar-refractivity contribution in [3.05, 3.63) is 106 Å². The van der Waals surface area contributed by atoms with E-state index in [9.17, 15) is 23.1 Å². The Balaban J connectivity index is 1.57. The van der Waals surface area contributed by atoms with Gasteiger partial charge in [-0.2, -0.15) is 9.78 Å². The van der Waals surface area contributed by atoms with E-state index in [0.717, 1.165) is 5.56 Å². The maximum atomic E-state index is 13.5. The molecule has 2 aromatic carbocycles. The zero-order valence-electron chi connectivity index (χ0n) is 21.8. The first-order chi connectivity index (χ1) is 19.6. The zero-order chi connectivity index (χ0) is 29.1. The first-order valence-corrected chi connectivity index (χ1v) is 14.6. The van der Waals surface area contributed by atoms with E-state index in [2.05, 4.69) is 15.1 Å². The third-order valence-electron chi connectivity index (χ3n) is 6.01. The Kier molecular flexibility index (Phi) is 7.75. The van der Waals surface area contributed by atoms with Gasteiger partial charge in [-0.3, -0.25) is 4.79 Å². The molecule has 1 amide bonds. The lowest BCUT2D eigenvalue weighted by molar-refractivity contribution is 0.0689. The number of carboxylic acids is 1. The summed E-state index contributed by atoms with van der Waals surface area (Å²) < 4.78 is 42.2. The minimum absolute atomic E-state index is 0.0177. The van der Waals surface area contributed by atoms with Gasteiger partial charge in [0.2, 0.25) is 15.9 Å². The second kappa shape index (κ2) is 11.4. The summed E-state index contributed by atoms with van der Waals surface area (Å²) in [5.41, 5.74) is 1.65. The van der Waals surface area contributed by atoms with Gasteiger partial charge in [0.25, 0.3) is 5.91 Å². The van der Waals surface area contributed by atoms with Crippen LogP contribution in [0.2, 0.25) is 0 Å². The number of thiophene rings is 1. The number of aryl methyl sites for hydroxylation is 1. The van der Waals surface area contributed by atoms with Crippen LogP contribution in [0.1, 0.15) is 37.0 Å². The number of carbonyl (C=O) groups is 2. The molecule has 0 saturated carbocycles. The summed E-state index contributed by atoms with van der Waals surface area (Å²) >= 11 is 1.24. The highest BCUT2D eigenvalue weighted by atomic mass is 32.2. The fraction of sp³-hybridized carbons (Fsp3) is 0.107. The third kappa shape index (κ3) is 6.06. The molecule has 0 bridgehead atoms. The number of amides is 1. The van der Waals surface area contributed by atoms with Crippen LogP contribution in [0.25, 0.3) is 5.69 Å². The Morgan fingerprint density at radius 1 is 1.07 bits per heavy atom. The number of rotatable bonds is 10. The van der Waals surface area contributed by atoms with Crippen molar-refractivity contribution in [3.8, 4) is 17.3 Å². The molecule has 0 aliphatic carbocycles. The van der Waals surface area contributed by atoms with E-state index in [0.29, 0.717) is 16.3 Å². The number of nitrogens with zero attached hydrogens (tertiary/aromatic N) is 2. The fourth-order valence-corrected chi connectivity index (χ4v) is 5.67. The molecule has 13 heteroatoms. The van der Waals surface area contributed by atoms with Crippen LogP contribution in [0.5, 0.6) is 11.6 Å². The first-order valence-electron chi connectivity index (χ1n) is 12.2. The van der Waals surface area contributed by atoms with Crippen molar-refractivity contribution >= 4 is 38.9 Å². The number of ether oxygens (including phenoxy) is 1. The van der Waals surface area contributed by atoms with Crippen LogP contribution < -0.4 is 14.8 Å². The van der Waals surface area contributed by atoms with Crippen molar-refractivity contribution in [2.24, 2.45) is 0 Å². The van der Waals surface area contributed by atoms with E-state index in [-0.39, 0.29) is 40.0 Å². The van der Waals surface area contributed by atoms with Gasteiger partial charge in [-0.1, -0.05) is 23.8 Å². The Morgan fingerprint density at radius 2 is 1.85 bits per heavy atom. The predicted molar refractivity (Wildman–Crippen MR) is 152 cm³/mol. The molecular formula is C28H24N4O7S2. The Bertz CT molecular complexity index is 1810. The monoisotopic (exact) mass is 592 g/mol. The maximum Gasteiger partial charge on any atom is 0.356 e. The van der Waals surface area contributed by atoms with Crippen molar-refractivity contribution in [2.45, 2.75) is 25.3 Å². The molecule has 11 nitrogen and oxygen atoms in total. The number of hydrogen-bond acceptors (Lipinski definition) is 8. The summed E-state index contributed by atoms with van der Waals surface area (Å²) in [7, 11) is -4.23. The van der Waals surface area contributed by atoms with Gasteiger partial charge >= 0.3 is 5.97 Å². The molecule has 41 heavy (non-hydrogen) atoms. The van der Waals surface area contributed by atoms with Crippen LogP contribution in [0.4, 0.5) is 5.69 Å². The number of hydrogen-bond donors (Lipinski definition) is 3. The van der Waals surface area contributed by atoms with Crippen LogP contribution in [0, 0.1) is 13.8 Å². The smallest absolute Gasteiger partial charge is 0.356 e. The van der Waals surface area contributed by atoms with E-state index in [1.807, 2.05) is 19.1 Å². The van der Waals surface area contributed by atoms with Crippen molar-refractivity contribution in [1.29, 1.82) is 0 Å². The molecule has 0 aliphatic heterocycles. The molecule has 5 rings (SSSR count). The summed E-state index contributed by atoms with van der Waals surface area (Å²) in [6, 6.07) is 17.9. The minimum atomic E-state index is -4.23. The number of aromatic nitrogens is 2. The molecule has 0 fully saturated rings. The van der Waals surface area contributed by atoms with Gasteiger partial charge in [-0.05, 0) is 67.8 Å². The molecule has 3 N–H and O–H groups in total. The quantitative estimate of drug-likeness (QED) is 0.196. The third-order valence-corrected chi connectivity index (χ3v) is 8.30. The molecular weight excluding hydrogens is 568 g/mol. The van der Waals surface area contributed by atoms with E-state index in [1.54, 1.807) is 41.8 Å². The van der Waals surface area contributed by atoms with Crippen LogP contribution in [0.15, 0.2) is 87.7 Å². The van der Waals surface area contributed by atoms with Crippen molar-refractivity contribution in [3.63, 3.8) is 0 Å². The second-order valence-electron chi connectivity index (χ2n) is 8.93. The molecule has 5 aromatic rings. The summed E-state index contributed by atoms with van der Waals surface area (Å²) in [4.78, 5) is 24.7. The molecule has 0 radical (unpaired) electrons. The van der Waals surface area contributed by atoms with E-state index >= 15 is 0 Å². The average Bonchev–Trinajstić information content (AvgIpc) is 3.72. The lowest BCUT2D eigenvalue weighted by atomic mass is 10.2. The molecule has 0 saturated heterocycles. The summed E-state index contributed by atoms with van der Waals surface area (Å²) in [5, 5.41) is 18.4. The molecule has 0 aliphatic rings. The van der Waals surface area contributed by atoms with Gasteiger partial charge in [0.05, 0.1) is 23.4 Å². The summed E-state index contributed by atoms with van der Waals surface area (Å²) in [5.74, 6) is -1.38. The number of sulfonamides is 1. The lowest BCUT2D eigenvalue weighted by Crippen LogP contribution is -2.24. The SMILES string of the molecule is Cc1ccc(-n2nc(C(=O)O)c(C)c2Oc2ccc(NC(=O)c3cccs3)cc2S(=O)(=O)NCc2ccco2)cc1. The van der Waals surface area contributed by atoms with E-state index < -0.39 is 21.9 Å². The van der Waals surface area contributed by atoms with Gasteiger partial charge in [-0.25, -0.2) is 17.9 Å². The highest BCUT2D eigenvalue weighted by molar-refractivity contribution is 7.89. The molecule has 0 spiro atoms. The van der Waals surface area contributed by atoms with Crippen molar-refractivity contribution in [2.75, 3.05) is 5.32 Å². The Labute approximate surface area is 239 Å². The first kappa shape index (κ1) is 27.8. The van der Waals surface area contributed by atoms with Gasteiger partial charge in [0, 0.05) is 11.3 Å². The highest BCUT2D eigenvalue weighted by Gasteiger charge is 2.27. The zero-order valence-corrected chi connectivity index (χ0v) is 23.5.